The predicted molar refractivity (Wildman–Crippen MR) is 64.4 cm³/mol. The standard InChI is InChI=1S/C11H7N5O2S/c12-5-8-1-3-10(4-2-8)16-11(19(14,17)18)9(6-13)7-15-16/h1-4,7H,(H2,14,17,18). The molecule has 0 fully saturated rings. The molecular weight excluding hydrogens is 266 g/mol. The number of rotatable bonds is 2. The Morgan fingerprint density at radius 2 is 1.79 bits per heavy atom. The van der Waals surface area contributed by atoms with Crippen molar-refractivity contribution in [3.8, 4) is 17.8 Å². The molecule has 2 aromatic rings. The molecule has 1 aromatic carbocycles. The van der Waals surface area contributed by atoms with E-state index in [2.05, 4.69) is 5.10 Å². The maximum atomic E-state index is 11.5. The highest BCUT2D eigenvalue weighted by Crippen LogP contribution is 2.18. The van der Waals surface area contributed by atoms with Gasteiger partial charge in [-0.3, -0.25) is 0 Å². The molecular formula is C11H7N5O2S. The number of hydrogen-bond acceptors (Lipinski definition) is 5. The largest absolute Gasteiger partial charge is 0.257 e. The third-order valence-electron chi connectivity index (χ3n) is 2.36. The normalized spacial score (nSPS) is 10.7. The van der Waals surface area contributed by atoms with Crippen molar-refractivity contribution < 1.29 is 8.42 Å². The van der Waals surface area contributed by atoms with Crippen LogP contribution in [0.2, 0.25) is 0 Å². The summed E-state index contributed by atoms with van der Waals surface area (Å²) >= 11 is 0. The van der Waals surface area contributed by atoms with E-state index >= 15 is 0 Å². The van der Waals surface area contributed by atoms with Crippen LogP contribution >= 0.6 is 0 Å². The van der Waals surface area contributed by atoms with Gasteiger partial charge in [0.15, 0.2) is 5.03 Å². The first-order valence-electron chi connectivity index (χ1n) is 4.99. The fraction of sp³-hybridized carbons (Fsp3) is 0. The van der Waals surface area contributed by atoms with E-state index in [1.54, 1.807) is 6.07 Å². The molecule has 2 rings (SSSR count). The summed E-state index contributed by atoms with van der Waals surface area (Å²) in [6.07, 6.45) is 1.12. The molecule has 0 aliphatic rings. The lowest BCUT2D eigenvalue weighted by Gasteiger charge is -2.05. The Labute approximate surface area is 109 Å². The average Bonchev–Trinajstić information content (AvgIpc) is 2.82. The fourth-order valence-corrected chi connectivity index (χ4v) is 2.35. The monoisotopic (exact) mass is 273 g/mol. The second-order valence-electron chi connectivity index (χ2n) is 3.59. The van der Waals surface area contributed by atoms with Gasteiger partial charge in [0.1, 0.15) is 11.6 Å². The number of benzene rings is 1. The van der Waals surface area contributed by atoms with Gasteiger partial charge in [-0.25, -0.2) is 18.2 Å². The highest BCUT2D eigenvalue weighted by molar-refractivity contribution is 7.89. The second-order valence-corrected chi connectivity index (χ2v) is 5.07. The summed E-state index contributed by atoms with van der Waals surface area (Å²) in [5.41, 5.74) is 0.685. The first-order chi connectivity index (χ1) is 8.97. The van der Waals surface area contributed by atoms with Crippen molar-refractivity contribution in [3.63, 3.8) is 0 Å². The predicted octanol–water partition coefficient (Wildman–Crippen LogP) is 0.263. The molecule has 0 saturated heterocycles. The van der Waals surface area contributed by atoms with E-state index in [0.717, 1.165) is 10.9 Å². The van der Waals surface area contributed by atoms with Crippen LogP contribution in [0.25, 0.3) is 5.69 Å². The molecule has 0 radical (unpaired) electrons. The number of aromatic nitrogens is 2. The zero-order chi connectivity index (χ0) is 14.0. The van der Waals surface area contributed by atoms with Crippen LogP contribution in [0.15, 0.2) is 35.5 Å². The summed E-state index contributed by atoms with van der Waals surface area (Å²) in [6.45, 7) is 0. The number of primary sulfonamides is 1. The van der Waals surface area contributed by atoms with Crippen molar-refractivity contribution in [2.45, 2.75) is 5.03 Å². The number of nitriles is 2. The van der Waals surface area contributed by atoms with Gasteiger partial charge in [0.05, 0.1) is 23.5 Å². The van der Waals surface area contributed by atoms with Crippen LogP contribution in [0.4, 0.5) is 0 Å². The topological polar surface area (TPSA) is 126 Å². The summed E-state index contributed by atoms with van der Waals surface area (Å²) in [6, 6.07) is 9.71. The van der Waals surface area contributed by atoms with E-state index in [1.807, 2.05) is 6.07 Å². The van der Waals surface area contributed by atoms with Crippen molar-refractivity contribution in [1.82, 2.24) is 9.78 Å². The zero-order valence-corrected chi connectivity index (χ0v) is 10.3. The Morgan fingerprint density at radius 1 is 1.16 bits per heavy atom. The quantitative estimate of drug-likeness (QED) is 0.840. The lowest BCUT2D eigenvalue weighted by atomic mass is 10.2. The summed E-state index contributed by atoms with van der Waals surface area (Å²) in [5.74, 6) is 0. The Bertz CT molecular complexity index is 806. The molecule has 7 nitrogen and oxygen atoms in total. The van der Waals surface area contributed by atoms with Crippen LogP contribution in [0.1, 0.15) is 11.1 Å². The van der Waals surface area contributed by atoms with E-state index in [1.165, 1.54) is 24.3 Å². The minimum atomic E-state index is -4.08. The number of nitrogens with two attached hydrogens (primary N) is 1. The van der Waals surface area contributed by atoms with Gasteiger partial charge in [0.2, 0.25) is 0 Å². The van der Waals surface area contributed by atoms with Crippen LogP contribution in [0.5, 0.6) is 0 Å². The van der Waals surface area contributed by atoms with Crippen LogP contribution in [0.3, 0.4) is 0 Å². The van der Waals surface area contributed by atoms with Crippen molar-refractivity contribution in [3.05, 3.63) is 41.6 Å². The van der Waals surface area contributed by atoms with Gasteiger partial charge in [-0.2, -0.15) is 15.6 Å². The molecule has 94 valence electrons. The summed E-state index contributed by atoms with van der Waals surface area (Å²) in [4.78, 5) is 0. The molecule has 0 spiro atoms. The third-order valence-corrected chi connectivity index (χ3v) is 3.29. The van der Waals surface area contributed by atoms with Crippen LogP contribution < -0.4 is 5.14 Å². The molecule has 0 aliphatic heterocycles. The van der Waals surface area contributed by atoms with Gasteiger partial charge in [-0.1, -0.05) is 0 Å². The first-order valence-corrected chi connectivity index (χ1v) is 6.53. The van der Waals surface area contributed by atoms with E-state index < -0.39 is 10.0 Å². The van der Waals surface area contributed by atoms with Gasteiger partial charge >= 0.3 is 0 Å². The molecule has 1 aromatic heterocycles. The molecule has 1 heterocycles. The van der Waals surface area contributed by atoms with Gasteiger partial charge in [-0.15, -0.1) is 0 Å². The highest BCUT2D eigenvalue weighted by Gasteiger charge is 2.22. The molecule has 0 amide bonds. The molecule has 19 heavy (non-hydrogen) atoms. The second kappa shape index (κ2) is 4.53. The van der Waals surface area contributed by atoms with Gasteiger partial charge < -0.3 is 0 Å². The van der Waals surface area contributed by atoms with Crippen molar-refractivity contribution in [2.75, 3.05) is 0 Å². The van der Waals surface area contributed by atoms with E-state index in [0.29, 0.717) is 11.3 Å². The number of nitrogens with zero attached hydrogens (tertiary/aromatic N) is 4. The van der Waals surface area contributed by atoms with E-state index in [-0.39, 0.29) is 10.6 Å². The molecule has 0 unspecified atom stereocenters. The fourth-order valence-electron chi connectivity index (χ4n) is 1.55. The van der Waals surface area contributed by atoms with E-state index in [9.17, 15) is 8.42 Å². The minimum absolute atomic E-state index is 0.133. The first kappa shape index (κ1) is 12.8. The minimum Gasteiger partial charge on any atom is -0.223 e. The lowest BCUT2D eigenvalue weighted by molar-refractivity contribution is 0.587. The zero-order valence-electron chi connectivity index (χ0n) is 9.48. The lowest BCUT2D eigenvalue weighted by Crippen LogP contribution is -2.18. The maximum Gasteiger partial charge on any atom is 0.257 e. The van der Waals surface area contributed by atoms with Crippen LogP contribution in [-0.2, 0) is 10.0 Å². The van der Waals surface area contributed by atoms with Crippen molar-refractivity contribution in [2.24, 2.45) is 5.14 Å². The molecule has 0 saturated carbocycles. The van der Waals surface area contributed by atoms with Crippen LogP contribution in [0, 0.1) is 22.7 Å². The molecule has 2 N–H and O–H groups in total. The Kier molecular flexibility index (Phi) is 3.05. The summed E-state index contributed by atoms with van der Waals surface area (Å²) in [7, 11) is -4.08. The van der Waals surface area contributed by atoms with Gasteiger partial charge in [-0.05, 0) is 24.3 Å². The van der Waals surface area contributed by atoms with E-state index in [4.69, 9.17) is 15.7 Å². The summed E-state index contributed by atoms with van der Waals surface area (Å²) < 4.78 is 24.1. The SMILES string of the molecule is N#Cc1ccc(-n2ncc(C#N)c2S(N)(=O)=O)cc1. The average molecular weight is 273 g/mol. The van der Waals surface area contributed by atoms with Crippen molar-refractivity contribution in [1.29, 1.82) is 10.5 Å². The maximum absolute atomic E-state index is 11.5. The Morgan fingerprint density at radius 3 is 2.26 bits per heavy atom. The Balaban J connectivity index is 2.67. The van der Waals surface area contributed by atoms with Crippen LogP contribution in [-0.4, -0.2) is 18.2 Å². The highest BCUT2D eigenvalue weighted by atomic mass is 32.2. The Hall–Kier alpha value is -2.68. The molecule has 0 aliphatic carbocycles. The molecule has 0 bridgehead atoms. The summed E-state index contributed by atoms with van der Waals surface area (Å²) in [5, 5.41) is 26.1. The smallest absolute Gasteiger partial charge is 0.223 e. The molecule has 8 heteroatoms. The molecule has 0 atom stereocenters. The van der Waals surface area contributed by atoms with Gasteiger partial charge in [0.25, 0.3) is 10.0 Å². The number of sulfonamides is 1. The third kappa shape index (κ3) is 2.31. The van der Waals surface area contributed by atoms with Crippen molar-refractivity contribution >= 4 is 10.0 Å². The van der Waals surface area contributed by atoms with Gasteiger partial charge in [0, 0.05) is 0 Å². The number of hydrogen-bond donors (Lipinski definition) is 1.